The summed E-state index contributed by atoms with van der Waals surface area (Å²) in [6, 6.07) is 23.5. The second kappa shape index (κ2) is 20.7. The number of carbonyl (C=O) groups excluding carboxylic acids is 2. The van der Waals surface area contributed by atoms with E-state index in [4.69, 9.17) is 93.8 Å². The molecule has 2 N–H and O–H groups in total. The van der Waals surface area contributed by atoms with Gasteiger partial charge in [0.15, 0.2) is 23.0 Å². The summed E-state index contributed by atoms with van der Waals surface area (Å²) in [6.45, 7) is 0.0901. The average molecular weight is 975 g/mol. The Bertz CT molecular complexity index is 2450. The second-order valence-corrected chi connectivity index (χ2v) is 15.9. The van der Waals surface area contributed by atoms with Crippen LogP contribution in [0, 0.1) is 0 Å². The van der Waals surface area contributed by atoms with E-state index in [0.717, 1.165) is 0 Å². The molecule has 6 aromatic rings. The highest BCUT2D eigenvalue weighted by atomic mass is 35.5. The quantitative estimate of drug-likeness (QED) is 0.0705. The fourth-order valence-corrected chi connectivity index (χ4v) is 8.20. The van der Waals surface area contributed by atoms with Crippen molar-refractivity contribution in [3.8, 4) is 35.0 Å². The Morgan fingerprint density at radius 2 is 1.03 bits per heavy atom. The van der Waals surface area contributed by atoms with Gasteiger partial charge in [0.25, 0.3) is 0 Å². The lowest BCUT2D eigenvalue weighted by Crippen LogP contribution is -2.36. The maximum Gasteiger partial charge on any atom is 0.425 e. The first kappa shape index (κ1) is 47.4. The van der Waals surface area contributed by atoms with Gasteiger partial charge in [-0.2, -0.15) is 0 Å². The van der Waals surface area contributed by atoms with Crippen LogP contribution in [0.1, 0.15) is 11.1 Å². The summed E-state index contributed by atoms with van der Waals surface area (Å²) in [5, 5.41) is 1.28. The molecule has 2 aliphatic heterocycles. The summed E-state index contributed by atoms with van der Waals surface area (Å²) in [7, 11) is 3.09. The number of para-hydroxylation sites is 4. The van der Waals surface area contributed by atoms with Crippen molar-refractivity contribution in [1.82, 2.24) is 19.1 Å². The van der Waals surface area contributed by atoms with Crippen molar-refractivity contribution >= 4 is 58.3 Å². The van der Waals surface area contributed by atoms with Crippen LogP contribution in [-0.2, 0) is 53.2 Å². The van der Waals surface area contributed by atoms with Crippen molar-refractivity contribution in [1.29, 1.82) is 0 Å². The summed E-state index contributed by atoms with van der Waals surface area (Å²) in [6.07, 6.45) is 4.58. The third kappa shape index (κ3) is 10.6. The first-order valence-electron chi connectivity index (χ1n) is 19.5. The average Bonchev–Trinajstić information content (AvgIpc) is 4.11. The van der Waals surface area contributed by atoms with E-state index in [1.54, 1.807) is 74.9 Å². The molecule has 4 aromatic carbocycles. The summed E-state index contributed by atoms with van der Waals surface area (Å²) >= 11 is 25.9. The Morgan fingerprint density at radius 1 is 0.631 bits per heavy atom. The molecule has 0 amide bonds. The summed E-state index contributed by atoms with van der Waals surface area (Å²) in [5.41, 5.74) is 0.859. The molecule has 65 heavy (non-hydrogen) atoms. The van der Waals surface area contributed by atoms with Gasteiger partial charge in [0.05, 0.1) is 50.6 Å². The molecule has 2 saturated heterocycles. The molecule has 4 unspecified atom stereocenters. The van der Waals surface area contributed by atoms with Crippen molar-refractivity contribution < 1.29 is 62.4 Å². The minimum atomic E-state index is -1.55. The van der Waals surface area contributed by atoms with E-state index in [1.807, 2.05) is 24.3 Å². The molecule has 0 saturated carbocycles. The molecule has 4 atom stereocenters. The number of rotatable bonds is 16. The van der Waals surface area contributed by atoms with Crippen molar-refractivity contribution in [2.75, 3.05) is 40.6 Å². The molecule has 0 radical (unpaired) electrons. The monoisotopic (exact) mass is 972 g/mol. The van der Waals surface area contributed by atoms with Gasteiger partial charge in [-0.3, -0.25) is 9.13 Å². The molecule has 4 heterocycles. The highest BCUT2D eigenvalue weighted by molar-refractivity contribution is 6.35. The number of methoxy groups -OCH3 is 2. The van der Waals surface area contributed by atoms with Gasteiger partial charge in [0.2, 0.25) is 11.6 Å². The van der Waals surface area contributed by atoms with Gasteiger partial charge in [-0.05, 0) is 48.5 Å². The number of imidazole rings is 2. The normalized spacial score (nSPS) is 20.2. The molecule has 0 bridgehead atoms. The SMILES string of the molecule is COc1ccccc1OCC1COC(Cn2ccnc2OC(=O)C(=O)Oc2nccn2CC2(c3ccc(Cl)cc3Cl)OCC(COc3ccccc3OC)O2)(c2ccc(Cl)cc2Cl)O1.O. The molecule has 2 aromatic heterocycles. The zero-order valence-electron chi connectivity index (χ0n) is 34.5. The molecule has 17 nitrogen and oxygen atoms in total. The number of esters is 2. The van der Waals surface area contributed by atoms with Gasteiger partial charge >= 0.3 is 24.0 Å². The third-order valence-electron chi connectivity index (χ3n) is 10.0. The van der Waals surface area contributed by atoms with Crippen LogP contribution in [0.4, 0.5) is 0 Å². The molecule has 0 spiro atoms. The van der Waals surface area contributed by atoms with Crippen LogP contribution < -0.4 is 28.4 Å². The Hall–Kier alpha value is -5.60. The van der Waals surface area contributed by atoms with E-state index in [-0.39, 0.29) is 67.1 Å². The summed E-state index contributed by atoms with van der Waals surface area (Å²) in [4.78, 5) is 35.1. The number of ether oxygens (including phenoxy) is 10. The number of halogens is 4. The van der Waals surface area contributed by atoms with Gasteiger partial charge in [0.1, 0.15) is 25.4 Å². The smallest absolute Gasteiger partial charge is 0.425 e. The molecular weight excluding hydrogens is 934 g/mol. The van der Waals surface area contributed by atoms with Crippen LogP contribution in [0.3, 0.4) is 0 Å². The van der Waals surface area contributed by atoms with Crippen molar-refractivity contribution in [3.63, 3.8) is 0 Å². The van der Waals surface area contributed by atoms with Crippen LogP contribution >= 0.6 is 46.4 Å². The largest absolute Gasteiger partial charge is 0.493 e. The predicted octanol–water partition coefficient (Wildman–Crippen LogP) is 7.09. The van der Waals surface area contributed by atoms with Gasteiger partial charge in [-0.15, -0.1) is 0 Å². The predicted molar refractivity (Wildman–Crippen MR) is 234 cm³/mol. The molecule has 8 rings (SSSR count). The first-order valence-corrected chi connectivity index (χ1v) is 21.0. The first-order chi connectivity index (χ1) is 31.0. The van der Waals surface area contributed by atoms with E-state index in [2.05, 4.69) is 9.97 Å². The zero-order chi connectivity index (χ0) is 44.8. The highest BCUT2D eigenvalue weighted by Gasteiger charge is 2.47. The van der Waals surface area contributed by atoms with Crippen molar-refractivity contribution in [2.24, 2.45) is 0 Å². The molecule has 2 aliphatic rings. The molecular formula is C44H40Cl4N4O13. The standard InChI is InChI=1S/C44H38Cl4N4O12.H2O/c1-55-35-7-3-5-9-37(35)57-21-29-23-59-43(63-29,31-13-11-27(45)19-33(31)47)25-51-17-15-49-41(51)61-39(53)40(54)62-42-50-16-18-52(42)26-44(32-14-12-28(46)20-34(32)48)60-24-30(64-44)22-58-38-10-6-4-8-36(38)56-2;/h3-20,29-30H,21-26H2,1-2H3;1H2. The topological polar surface area (TPSA) is 194 Å². The fraction of sp³-hybridized carbons (Fsp3) is 0.273. The second-order valence-electron chi connectivity index (χ2n) is 14.2. The maximum atomic E-state index is 13.4. The summed E-state index contributed by atoms with van der Waals surface area (Å²) < 4.78 is 62.3. The van der Waals surface area contributed by atoms with E-state index in [0.29, 0.717) is 44.2 Å². The maximum absolute atomic E-state index is 13.4. The van der Waals surface area contributed by atoms with Crippen LogP contribution in [-0.4, -0.2) is 89.4 Å². The number of hydrogen-bond donors (Lipinski definition) is 0. The van der Waals surface area contributed by atoms with E-state index >= 15 is 0 Å². The number of hydrogen-bond acceptors (Lipinski definition) is 14. The van der Waals surface area contributed by atoms with Gasteiger partial charge in [-0.25, -0.2) is 19.6 Å². The van der Waals surface area contributed by atoms with Gasteiger partial charge in [-0.1, -0.05) is 82.8 Å². The minimum absolute atomic E-state index is 0. The number of benzene rings is 4. The van der Waals surface area contributed by atoms with Gasteiger partial charge < -0.3 is 52.8 Å². The highest BCUT2D eigenvalue weighted by Crippen LogP contribution is 2.43. The summed E-state index contributed by atoms with van der Waals surface area (Å²) in [5.74, 6) is -3.79. The Balaban J connectivity index is 0.00000630. The third-order valence-corrected chi connectivity index (χ3v) is 11.1. The molecule has 21 heteroatoms. The van der Waals surface area contributed by atoms with Crippen molar-refractivity contribution in [2.45, 2.75) is 36.9 Å². The minimum Gasteiger partial charge on any atom is -0.493 e. The van der Waals surface area contributed by atoms with Crippen LogP contribution in [0.25, 0.3) is 0 Å². The lowest BCUT2D eigenvalue weighted by Gasteiger charge is -2.30. The van der Waals surface area contributed by atoms with Crippen LogP contribution in [0.2, 0.25) is 20.1 Å². The van der Waals surface area contributed by atoms with Crippen LogP contribution in [0.5, 0.6) is 35.0 Å². The lowest BCUT2D eigenvalue weighted by molar-refractivity contribution is -0.190. The number of aromatic nitrogens is 4. The Kier molecular flexibility index (Phi) is 15.1. The molecule has 0 aliphatic carbocycles. The van der Waals surface area contributed by atoms with E-state index in [9.17, 15) is 9.59 Å². The fourth-order valence-electron chi connectivity index (χ4n) is 7.09. The molecule has 2 fully saturated rings. The van der Waals surface area contributed by atoms with Crippen LogP contribution in [0.15, 0.2) is 110 Å². The molecule has 342 valence electrons. The zero-order valence-corrected chi connectivity index (χ0v) is 37.5. The van der Waals surface area contributed by atoms with Crippen molar-refractivity contribution in [3.05, 3.63) is 141 Å². The van der Waals surface area contributed by atoms with Gasteiger partial charge in [0, 0.05) is 46.0 Å². The number of nitrogens with zero attached hydrogens (tertiary/aromatic N) is 4. The van der Waals surface area contributed by atoms with E-state index < -0.39 is 35.7 Å². The Morgan fingerprint density at radius 3 is 1.42 bits per heavy atom. The lowest BCUT2D eigenvalue weighted by atomic mass is 10.1. The Labute approximate surface area is 391 Å². The number of carbonyl (C=O) groups is 2. The van der Waals surface area contributed by atoms with E-state index in [1.165, 1.54) is 33.9 Å².